The third-order valence-corrected chi connectivity index (χ3v) is 1.88. The molecule has 0 saturated carbocycles. The van der Waals surface area contributed by atoms with E-state index in [1.807, 2.05) is 12.1 Å². The Hall–Kier alpha value is -1.37. The standard InChI is InChI=1S/C11H13N/c1-4-10(5-2)11-6-7-12-8-9(11)3/h4,6-8H,1,3,5H2,2H3/b11-10+. The molecule has 0 spiro atoms. The first kappa shape index (κ1) is 8.72. The Morgan fingerprint density at radius 1 is 1.67 bits per heavy atom. The van der Waals surface area contributed by atoms with Gasteiger partial charge >= 0.3 is 0 Å². The van der Waals surface area contributed by atoms with Crippen LogP contribution in [0.4, 0.5) is 0 Å². The van der Waals surface area contributed by atoms with Gasteiger partial charge in [-0.15, -0.1) is 0 Å². The highest BCUT2D eigenvalue weighted by atomic mass is 14.6. The number of aromatic nitrogens is 1. The summed E-state index contributed by atoms with van der Waals surface area (Å²) in [6.07, 6.45) is 6.41. The molecule has 0 amide bonds. The zero-order chi connectivity index (χ0) is 8.97. The van der Waals surface area contributed by atoms with Crippen LogP contribution in [0.3, 0.4) is 0 Å². The molecule has 0 aromatic carbocycles. The van der Waals surface area contributed by atoms with Gasteiger partial charge in [0.2, 0.25) is 0 Å². The average Bonchev–Trinajstić information content (AvgIpc) is 2.10. The van der Waals surface area contributed by atoms with Crippen molar-refractivity contribution in [3.63, 3.8) is 0 Å². The van der Waals surface area contributed by atoms with Crippen molar-refractivity contribution < 1.29 is 0 Å². The molecule has 1 heteroatoms. The van der Waals surface area contributed by atoms with E-state index < -0.39 is 0 Å². The average molecular weight is 159 g/mol. The molecule has 0 aliphatic carbocycles. The van der Waals surface area contributed by atoms with E-state index in [1.54, 1.807) is 12.4 Å². The van der Waals surface area contributed by atoms with Gasteiger partial charge in [-0.2, -0.15) is 0 Å². The second kappa shape index (κ2) is 3.86. The van der Waals surface area contributed by atoms with Gasteiger partial charge in [0, 0.05) is 12.4 Å². The molecule has 0 aliphatic heterocycles. The first-order chi connectivity index (χ1) is 5.79. The molecule has 12 heavy (non-hydrogen) atoms. The Morgan fingerprint density at radius 2 is 2.42 bits per heavy atom. The molecule has 0 aliphatic rings. The van der Waals surface area contributed by atoms with Crippen LogP contribution < -0.4 is 10.4 Å². The van der Waals surface area contributed by atoms with Crippen LogP contribution in [0.15, 0.2) is 31.1 Å². The Bertz CT molecular complexity index is 376. The fourth-order valence-electron chi connectivity index (χ4n) is 1.19. The minimum absolute atomic E-state index is 0.967. The van der Waals surface area contributed by atoms with Gasteiger partial charge in [0.1, 0.15) is 0 Å². The van der Waals surface area contributed by atoms with Gasteiger partial charge in [0.05, 0.1) is 0 Å². The third kappa shape index (κ3) is 1.62. The first-order valence-corrected chi connectivity index (χ1v) is 4.04. The van der Waals surface area contributed by atoms with E-state index in [0.29, 0.717) is 0 Å². The maximum Gasteiger partial charge on any atom is 0.0340 e. The predicted octanol–water partition coefficient (Wildman–Crippen LogP) is 1.24. The molecule has 0 atom stereocenters. The lowest BCUT2D eigenvalue weighted by molar-refractivity contribution is 1.21. The molecule has 0 saturated heterocycles. The van der Waals surface area contributed by atoms with Gasteiger partial charge in [0.15, 0.2) is 0 Å². The lowest BCUT2D eigenvalue weighted by Gasteiger charge is -1.95. The highest BCUT2D eigenvalue weighted by Crippen LogP contribution is 1.97. The highest BCUT2D eigenvalue weighted by molar-refractivity contribution is 5.55. The number of hydrogen-bond donors (Lipinski definition) is 0. The molecule has 0 fully saturated rings. The second-order valence-corrected chi connectivity index (χ2v) is 2.62. The molecular formula is C11H13N. The van der Waals surface area contributed by atoms with Crippen LogP contribution in [0.2, 0.25) is 0 Å². The van der Waals surface area contributed by atoms with E-state index in [2.05, 4.69) is 25.1 Å². The summed E-state index contributed by atoms with van der Waals surface area (Å²) in [5.74, 6) is 0. The van der Waals surface area contributed by atoms with E-state index in [4.69, 9.17) is 0 Å². The largest absolute Gasteiger partial charge is 0.264 e. The molecule has 0 radical (unpaired) electrons. The van der Waals surface area contributed by atoms with Crippen molar-refractivity contribution >= 4 is 12.2 Å². The maximum absolute atomic E-state index is 3.99. The van der Waals surface area contributed by atoms with Crippen LogP contribution in [0.1, 0.15) is 13.3 Å². The van der Waals surface area contributed by atoms with Crippen molar-refractivity contribution in [1.82, 2.24) is 4.98 Å². The van der Waals surface area contributed by atoms with E-state index in [1.165, 1.54) is 5.57 Å². The summed E-state index contributed by atoms with van der Waals surface area (Å²) in [4.78, 5) is 3.99. The molecule has 1 heterocycles. The first-order valence-electron chi connectivity index (χ1n) is 4.04. The molecule has 1 aromatic rings. The SMILES string of the molecule is C=C/C(CC)=c1/ccncc1=C. The molecule has 1 nitrogen and oxygen atoms in total. The Morgan fingerprint density at radius 3 is 2.92 bits per heavy atom. The summed E-state index contributed by atoms with van der Waals surface area (Å²) in [7, 11) is 0. The molecule has 0 unspecified atom stereocenters. The zero-order valence-corrected chi connectivity index (χ0v) is 7.38. The van der Waals surface area contributed by atoms with Gasteiger partial charge in [-0.05, 0) is 28.5 Å². The summed E-state index contributed by atoms with van der Waals surface area (Å²) in [6.45, 7) is 9.78. The summed E-state index contributed by atoms with van der Waals surface area (Å²) in [6, 6.07) is 1.98. The highest BCUT2D eigenvalue weighted by Gasteiger charge is 1.89. The van der Waals surface area contributed by atoms with Gasteiger partial charge in [-0.1, -0.05) is 26.2 Å². The van der Waals surface area contributed by atoms with Crippen molar-refractivity contribution in [1.29, 1.82) is 0 Å². The van der Waals surface area contributed by atoms with E-state index >= 15 is 0 Å². The smallest absolute Gasteiger partial charge is 0.0340 e. The van der Waals surface area contributed by atoms with Crippen LogP contribution in [-0.4, -0.2) is 4.98 Å². The minimum atomic E-state index is 0.967. The summed E-state index contributed by atoms with van der Waals surface area (Å²) < 4.78 is 0. The monoisotopic (exact) mass is 159 g/mol. The third-order valence-electron chi connectivity index (χ3n) is 1.88. The summed E-state index contributed by atoms with van der Waals surface area (Å²) >= 11 is 0. The lowest BCUT2D eigenvalue weighted by Crippen LogP contribution is -2.25. The van der Waals surface area contributed by atoms with Crippen molar-refractivity contribution in [2.45, 2.75) is 13.3 Å². The molecule has 62 valence electrons. The Kier molecular flexibility index (Phi) is 2.81. The molecule has 0 bridgehead atoms. The zero-order valence-electron chi connectivity index (χ0n) is 7.38. The Labute approximate surface area is 72.8 Å². The van der Waals surface area contributed by atoms with Gasteiger partial charge < -0.3 is 0 Å². The van der Waals surface area contributed by atoms with Crippen molar-refractivity contribution in [3.05, 3.63) is 41.6 Å². The topological polar surface area (TPSA) is 12.9 Å². The number of rotatable bonds is 2. The summed E-state index contributed by atoms with van der Waals surface area (Å²) in [5.41, 5.74) is 1.22. The maximum atomic E-state index is 3.99. The number of pyridine rings is 1. The Balaban J connectivity index is 3.53. The predicted molar refractivity (Wildman–Crippen MR) is 52.9 cm³/mol. The van der Waals surface area contributed by atoms with Crippen LogP contribution in [-0.2, 0) is 0 Å². The number of nitrogens with zero attached hydrogens (tertiary/aromatic N) is 1. The minimum Gasteiger partial charge on any atom is -0.264 e. The second-order valence-electron chi connectivity index (χ2n) is 2.62. The quantitative estimate of drug-likeness (QED) is 0.632. The number of hydrogen-bond acceptors (Lipinski definition) is 1. The van der Waals surface area contributed by atoms with Crippen LogP contribution in [0.5, 0.6) is 0 Å². The van der Waals surface area contributed by atoms with Crippen LogP contribution in [0, 0.1) is 0 Å². The molecule has 0 N–H and O–H groups in total. The van der Waals surface area contributed by atoms with Crippen molar-refractivity contribution in [2.24, 2.45) is 0 Å². The van der Waals surface area contributed by atoms with E-state index in [-0.39, 0.29) is 0 Å². The number of allylic oxidation sites excluding steroid dienone is 1. The lowest BCUT2D eigenvalue weighted by atomic mass is 10.1. The van der Waals surface area contributed by atoms with Crippen LogP contribution in [0.25, 0.3) is 12.2 Å². The van der Waals surface area contributed by atoms with E-state index in [9.17, 15) is 0 Å². The fourth-order valence-corrected chi connectivity index (χ4v) is 1.19. The molecule has 1 aromatic heterocycles. The summed E-state index contributed by atoms with van der Waals surface area (Å²) in [5, 5.41) is 2.12. The molecule has 1 rings (SSSR count). The van der Waals surface area contributed by atoms with Crippen molar-refractivity contribution in [3.8, 4) is 0 Å². The van der Waals surface area contributed by atoms with E-state index in [0.717, 1.165) is 16.9 Å². The van der Waals surface area contributed by atoms with Gasteiger partial charge in [0.25, 0.3) is 0 Å². The fraction of sp³-hybridized carbons (Fsp3) is 0.182. The van der Waals surface area contributed by atoms with Gasteiger partial charge in [-0.25, -0.2) is 0 Å². The van der Waals surface area contributed by atoms with Gasteiger partial charge in [-0.3, -0.25) is 4.98 Å². The molecular weight excluding hydrogens is 146 g/mol. The van der Waals surface area contributed by atoms with Crippen molar-refractivity contribution in [2.75, 3.05) is 0 Å². The van der Waals surface area contributed by atoms with Crippen LogP contribution >= 0.6 is 0 Å². The normalized spacial score (nSPS) is 12.4.